The number of primary amides is 1. The molecule has 2 saturated heterocycles. The van der Waals surface area contributed by atoms with Gasteiger partial charge in [0, 0.05) is 19.2 Å². The number of carbonyl (C=O) groups is 1. The average Bonchev–Trinajstić information content (AvgIpc) is 3.00. The molecule has 0 radical (unpaired) electrons. The van der Waals surface area contributed by atoms with Crippen molar-refractivity contribution in [1.82, 2.24) is 4.98 Å². The molecular formula is C12H15N3O3. The minimum atomic E-state index is -0.521. The smallest absolute Gasteiger partial charge is 0.252 e. The monoisotopic (exact) mass is 249 g/mol. The summed E-state index contributed by atoms with van der Waals surface area (Å²) in [6.45, 7) is 2.58. The first-order chi connectivity index (χ1) is 8.70. The van der Waals surface area contributed by atoms with Crippen LogP contribution >= 0.6 is 0 Å². The molecule has 2 N–H and O–H groups in total. The van der Waals surface area contributed by atoms with E-state index in [0.717, 1.165) is 13.0 Å². The summed E-state index contributed by atoms with van der Waals surface area (Å²) in [6.07, 6.45) is 2.44. The predicted octanol–water partition coefficient (Wildman–Crippen LogP) is 0.134. The molecule has 1 spiro atoms. The molecule has 0 atom stereocenters. The van der Waals surface area contributed by atoms with Crippen LogP contribution in [0, 0.1) is 0 Å². The van der Waals surface area contributed by atoms with Crippen molar-refractivity contribution in [3.05, 3.63) is 23.9 Å². The van der Waals surface area contributed by atoms with E-state index in [2.05, 4.69) is 4.98 Å². The lowest BCUT2D eigenvalue weighted by molar-refractivity contribution is -0.137. The van der Waals surface area contributed by atoms with Crippen LogP contribution in [0.2, 0.25) is 0 Å². The number of ether oxygens (including phenoxy) is 2. The normalized spacial score (nSPS) is 21.7. The summed E-state index contributed by atoms with van der Waals surface area (Å²) in [5.74, 6) is -0.375. The van der Waals surface area contributed by atoms with E-state index >= 15 is 0 Å². The van der Waals surface area contributed by atoms with Crippen LogP contribution in [0.4, 0.5) is 5.82 Å². The molecule has 1 aromatic rings. The predicted molar refractivity (Wildman–Crippen MR) is 64.2 cm³/mol. The van der Waals surface area contributed by atoms with E-state index in [1.807, 2.05) is 4.90 Å². The Morgan fingerprint density at radius 1 is 1.44 bits per heavy atom. The first-order valence-corrected chi connectivity index (χ1v) is 5.98. The molecule has 0 bridgehead atoms. The first-order valence-electron chi connectivity index (χ1n) is 5.98. The van der Waals surface area contributed by atoms with Gasteiger partial charge in [-0.25, -0.2) is 4.98 Å². The lowest BCUT2D eigenvalue weighted by Crippen LogP contribution is -2.35. The molecule has 6 heteroatoms. The maximum Gasteiger partial charge on any atom is 0.252 e. The van der Waals surface area contributed by atoms with Gasteiger partial charge in [-0.3, -0.25) is 4.79 Å². The highest BCUT2D eigenvalue weighted by atomic mass is 16.7. The summed E-state index contributed by atoms with van der Waals surface area (Å²) in [5, 5.41) is 0. The van der Waals surface area contributed by atoms with Crippen molar-refractivity contribution >= 4 is 11.7 Å². The zero-order chi connectivity index (χ0) is 12.6. The van der Waals surface area contributed by atoms with Crippen LogP contribution in [0.25, 0.3) is 0 Å². The Balaban J connectivity index is 1.86. The molecule has 0 unspecified atom stereocenters. The molecule has 18 heavy (non-hydrogen) atoms. The van der Waals surface area contributed by atoms with Crippen molar-refractivity contribution in [1.29, 1.82) is 0 Å². The van der Waals surface area contributed by atoms with E-state index < -0.39 is 11.7 Å². The molecule has 6 nitrogen and oxygen atoms in total. The van der Waals surface area contributed by atoms with Gasteiger partial charge < -0.3 is 20.1 Å². The van der Waals surface area contributed by atoms with Gasteiger partial charge in [-0.1, -0.05) is 0 Å². The summed E-state index contributed by atoms with van der Waals surface area (Å²) < 4.78 is 11.3. The maximum atomic E-state index is 11.4. The third-order valence-corrected chi connectivity index (χ3v) is 3.36. The largest absolute Gasteiger partial charge is 0.365 e. The van der Waals surface area contributed by atoms with E-state index in [-0.39, 0.29) is 0 Å². The van der Waals surface area contributed by atoms with E-state index in [0.29, 0.717) is 31.1 Å². The molecule has 0 aliphatic carbocycles. The van der Waals surface area contributed by atoms with Crippen LogP contribution in [-0.2, 0) is 9.47 Å². The van der Waals surface area contributed by atoms with Gasteiger partial charge in [-0.05, 0) is 12.1 Å². The van der Waals surface area contributed by atoms with Gasteiger partial charge in [0.25, 0.3) is 5.91 Å². The van der Waals surface area contributed by atoms with Crippen molar-refractivity contribution in [2.75, 3.05) is 31.2 Å². The van der Waals surface area contributed by atoms with Gasteiger partial charge in [-0.2, -0.15) is 0 Å². The number of amides is 1. The van der Waals surface area contributed by atoms with Crippen molar-refractivity contribution in [2.24, 2.45) is 5.73 Å². The molecule has 0 saturated carbocycles. The molecule has 2 aliphatic heterocycles. The maximum absolute atomic E-state index is 11.4. The zero-order valence-corrected chi connectivity index (χ0v) is 9.96. The topological polar surface area (TPSA) is 77.7 Å². The number of carbonyl (C=O) groups excluding carboxylic acids is 1. The minimum Gasteiger partial charge on any atom is -0.365 e. The molecule has 0 aromatic carbocycles. The molecular weight excluding hydrogens is 234 g/mol. The summed E-state index contributed by atoms with van der Waals surface area (Å²) in [6, 6.07) is 3.39. The van der Waals surface area contributed by atoms with Gasteiger partial charge in [0.1, 0.15) is 5.82 Å². The summed E-state index contributed by atoms with van der Waals surface area (Å²) in [7, 11) is 0. The van der Waals surface area contributed by atoms with Gasteiger partial charge in [0.05, 0.1) is 25.3 Å². The first kappa shape index (κ1) is 11.4. The molecule has 1 amide bonds. The SMILES string of the molecule is NC(=O)c1cccnc1N1CCC2(C1)OCCO2. The lowest BCUT2D eigenvalue weighted by Gasteiger charge is -2.23. The standard InChI is InChI=1S/C12H15N3O3/c13-10(16)9-2-1-4-14-11(9)15-5-3-12(8-15)17-6-7-18-12/h1-2,4H,3,5-8H2,(H2,13,16). The third kappa shape index (κ3) is 1.83. The van der Waals surface area contributed by atoms with Gasteiger partial charge in [-0.15, -0.1) is 0 Å². The van der Waals surface area contributed by atoms with Crippen LogP contribution in [0.1, 0.15) is 16.8 Å². The highest BCUT2D eigenvalue weighted by molar-refractivity contribution is 5.97. The minimum absolute atomic E-state index is 0.438. The Labute approximate surface area is 105 Å². The fraction of sp³-hybridized carbons (Fsp3) is 0.500. The van der Waals surface area contributed by atoms with E-state index in [1.165, 1.54) is 0 Å². The average molecular weight is 249 g/mol. The van der Waals surface area contributed by atoms with Crippen molar-refractivity contribution in [3.8, 4) is 0 Å². The molecule has 2 fully saturated rings. The number of pyridine rings is 1. The zero-order valence-electron chi connectivity index (χ0n) is 9.96. The fourth-order valence-electron chi connectivity index (χ4n) is 2.51. The molecule has 3 rings (SSSR count). The Kier molecular flexibility index (Phi) is 2.68. The van der Waals surface area contributed by atoms with Crippen LogP contribution in [0.15, 0.2) is 18.3 Å². The number of hydrogen-bond donors (Lipinski definition) is 1. The number of rotatable bonds is 2. The second-order valence-electron chi connectivity index (χ2n) is 4.52. The number of nitrogens with zero attached hydrogens (tertiary/aromatic N) is 2. The van der Waals surface area contributed by atoms with Crippen LogP contribution < -0.4 is 10.6 Å². The van der Waals surface area contributed by atoms with E-state index in [4.69, 9.17) is 15.2 Å². The third-order valence-electron chi connectivity index (χ3n) is 3.36. The number of hydrogen-bond acceptors (Lipinski definition) is 5. The molecule has 96 valence electrons. The Hall–Kier alpha value is -1.66. The second-order valence-corrected chi connectivity index (χ2v) is 4.52. The Bertz CT molecular complexity index is 471. The van der Waals surface area contributed by atoms with Gasteiger partial charge in [0.15, 0.2) is 5.79 Å². The summed E-state index contributed by atoms with van der Waals surface area (Å²) in [5.41, 5.74) is 5.80. The van der Waals surface area contributed by atoms with Crippen LogP contribution in [-0.4, -0.2) is 43.0 Å². The lowest BCUT2D eigenvalue weighted by atomic mass is 10.2. The van der Waals surface area contributed by atoms with Gasteiger partial charge in [0.2, 0.25) is 0 Å². The number of nitrogens with two attached hydrogens (primary N) is 1. The second kappa shape index (κ2) is 4.22. The molecule has 2 aliphatic rings. The van der Waals surface area contributed by atoms with Crippen molar-refractivity contribution in [2.45, 2.75) is 12.2 Å². The van der Waals surface area contributed by atoms with Crippen molar-refractivity contribution < 1.29 is 14.3 Å². The number of aromatic nitrogens is 1. The Morgan fingerprint density at radius 2 is 2.22 bits per heavy atom. The summed E-state index contributed by atoms with van der Waals surface area (Å²) in [4.78, 5) is 17.6. The van der Waals surface area contributed by atoms with Crippen LogP contribution in [0.5, 0.6) is 0 Å². The summed E-state index contributed by atoms with van der Waals surface area (Å²) >= 11 is 0. The molecule has 1 aromatic heterocycles. The fourth-order valence-corrected chi connectivity index (χ4v) is 2.51. The highest BCUT2D eigenvalue weighted by Gasteiger charge is 2.44. The van der Waals surface area contributed by atoms with Gasteiger partial charge >= 0.3 is 0 Å². The Morgan fingerprint density at radius 3 is 2.94 bits per heavy atom. The molecule has 3 heterocycles. The van der Waals surface area contributed by atoms with E-state index in [1.54, 1.807) is 18.3 Å². The highest BCUT2D eigenvalue weighted by Crippen LogP contribution is 2.33. The van der Waals surface area contributed by atoms with Crippen molar-refractivity contribution in [3.63, 3.8) is 0 Å². The number of anilines is 1. The quantitative estimate of drug-likeness (QED) is 0.806. The van der Waals surface area contributed by atoms with E-state index in [9.17, 15) is 4.79 Å². The van der Waals surface area contributed by atoms with Crippen LogP contribution in [0.3, 0.4) is 0 Å².